The van der Waals surface area contributed by atoms with E-state index in [1.165, 1.54) is 17.5 Å². The highest BCUT2D eigenvalue weighted by Gasteiger charge is 2.23. The molecular weight excluding hydrogens is 302 g/mol. The molecule has 5 heteroatoms. The molecule has 1 aliphatic rings. The molecule has 1 atom stereocenters. The molecule has 3 rings (SSSR count). The molecule has 0 spiro atoms. The minimum absolute atomic E-state index is 0.318. The van der Waals surface area contributed by atoms with E-state index in [1.807, 2.05) is 26.2 Å². The van der Waals surface area contributed by atoms with Gasteiger partial charge in [0.25, 0.3) is 0 Å². The molecule has 3 heterocycles. The summed E-state index contributed by atoms with van der Waals surface area (Å²) in [6.45, 7) is 9.95. The van der Waals surface area contributed by atoms with E-state index in [0.717, 1.165) is 49.5 Å². The maximum absolute atomic E-state index is 6.07. The lowest BCUT2D eigenvalue weighted by molar-refractivity contribution is 0.0458. The maximum atomic E-state index is 6.07. The van der Waals surface area contributed by atoms with Crippen LogP contribution < -0.4 is 0 Å². The van der Waals surface area contributed by atoms with Crippen molar-refractivity contribution in [2.45, 2.75) is 52.7 Å². The molecule has 1 fully saturated rings. The molecule has 0 radical (unpaired) electrons. The van der Waals surface area contributed by atoms with E-state index in [2.05, 4.69) is 28.0 Å². The Balaban J connectivity index is 1.39. The van der Waals surface area contributed by atoms with Crippen LogP contribution in [-0.2, 0) is 17.8 Å². The molecule has 1 aliphatic heterocycles. The molecular formula is C19H27N3O2. The molecule has 0 aromatic carbocycles. The molecule has 0 amide bonds. The first-order valence-electron chi connectivity index (χ1n) is 8.78. The lowest BCUT2D eigenvalue weighted by Crippen LogP contribution is -2.24. The number of hydrogen-bond acceptors (Lipinski definition) is 5. The maximum Gasteiger partial charge on any atom is 0.139 e. The highest BCUT2D eigenvalue weighted by atomic mass is 16.5. The van der Waals surface area contributed by atoms with Gasteiger partial charge < -0.3 is 14.2 Å². The van der Waals surface area contributed by atoms with Crippen LogP contribution in [0.25, 0.3) is 0 Å². The third-order valence-corrected chi connectivity index (χ3v) is 4.94. The molecule has 2 aromatic rings. The average molecular weight is 329 g/mol. The van der Waals surface area contributed by atoms with Gasteiger partial charge in [-0.1, -0.05) is 5.16 Å². The van der Waals surface area contributed by atoms with Crippen molar-refractivity contribution in [3.8, 4) is 0 Å². The van der Waals surface area contributed by atoms with Crippen LogP contribution in [0.2, 0.25) is 0 Å². The number of pyridine rings is 1. The summed E-state index contributed by atoms with van der Waals surface area (Å²) >= 11 is 0. The minimum Gasteiger partial charge on any atom is -0.372 e. The van der Waals surface area contributed by atoms with Crippen LogP contribution in [0.1, 0.15) is 41.0 Å². The van der Waals surface area contributed by atoms with Crippen LogP contribution in [0, 0.1) is 20.8 Å². The number of hydrogen-bond donors (Lipinski definition) is 0. The largest absolute Gasteiger partial charge is 0.372 e. The van der Waals surface area contributed by atoms with Crippen molar-refractivity contribution >= 4 is 0 Å². The molecule has 2 aromatic heterocycles. The van der Waals surface area contributed by atoms with Crippen LogP contribution >= 0.6 is 0 Å². The Morgan fingerprint density at radius 2 is 2.21 bits per heavy atom. The van der Waals surface area contributed by atoms with Gasteiger partial charge in [0.1, 0.15) is 5.76 Å². The van der Waals surface area contributed by atoms with E-state index < -0.39 is 0 Å². The third kappa shape index (κ3) is 4.22. The number of aromatic nitrogens is 2. The van der Waals surface area contributed by atoms with Gasteiger partial charge in [0.2, 0.25) is 0 Å². The number of nitrogens with zero attached hydrogens (tertiary/aromatic N) is 3. The number of rotatable bonds is 7. The molecule has 0 bridgehead atoms. The van der Waals surface area contributed by atoms with E-state index in [-0.39, 0.29) is 0 Å². The Morgan fingerprint density at radius 3 is 2.96 bits per heavy atom. The van der Waals surface area contributed by atoms with Gasteiger partial charge in [-0.25, -0.2) is 0 Å². The van der Waals surface area contributed by atoms with Crippen LogP contribution in [0.4, 0.5) is 0 Å². The van der Waals surface area contributed by atoms with Crippen LogP contribution in [0.5, 0.6) is 0 Å². The van der Waals surface area contributed by atoms with E-state index >= 15 is 0 Å². The van der Waals surface area contributed by atoms with Crippen LogP contribution in [0.3, 0.4) is 0 Å². The van der Waals surface area contributed by atoms with Gasteiger partial charge in [-0.15, -0.1) is 0 Å². The Hall–Kier alpha value is -1.72. The van der Waals surface area contributed by atoms with Crippen LogP contribution in [-0.4, -0.2) is 40.8 Å². The fraction of sp³-hybridized carbons (Fsp3) is 0.579. The van der Waals surface area contributed by atoms with Crippen molar-refractivity contribution in [2.75, 3.05) is 19.6 Å². The summed E-state index contributed by atoms with van der Waals surface area (Å²) in [6.07, 6.45) is 7.55. The molecule has 0 N–H and O–H groups in total. The van der Waals surface area contributed by atoms with E-state index in [9.17, 15) is 0 Å². The summed E-state index contributed by atoms with van der Waals surface area (Å²) in [6, 6.07) is 2.09. The standard InChI is InChI=1S/C19H27N3O2/c1-14-6-8-20-11-17(14)5-4-9-22-10-7-18(12-22)23-13-19-15(2)21-24-16(19)3/h6,8,11,18H,4-5,7,9-10,12-13H2,1-3H3. The fourth-order valence-corrected chi connectivity index (χ4v) is 3.30. The quantitative estimate of drug-likeness (QED) is 0.780. The van der Waals surface area contributed by atoms with Gasteiger partial charge in [-0.05, 0) is 63.8 Å². The Morgan fingerprint density at radius 1 is 1.33 bits per heavy atom. The van der Waals surface area contributed by atoms with Gasteiger partial charge in [0, 0.05) is 31.0 Å². The van der Waals surface area contributed by atoms with Gasteiger partial charge in [0.05, 0.1) is 18.4 Å². The highest BCUT2D eigenvalue weighted by molar-refractivity contribution is 5.21. The van der Waals surface area contributed by atoms with Crippen molar-refractivity contribution in [3.63, 3.8) is 0 Å². The lowest BCUT2D eigenvalue weighted by Gasteiger charge is -2.16. The van der Waals surface area contributed by atoms with Gasteiger partial charge >= 0.3 is 0 Å². The zero-order valence-corrected chi connectivity index (χ0v) is 14.9. The lowest BCUT2D eigenvalue weighted by atomic mass is 10.1. The molecule has 130 valence electrons. The first kappa shape index (κ1) is 17.1. The van der Waals surface area contributed by atoms with E-state index in [0.29, 0.717) is 12.7 Å². The summed E-state index contributed by atoms with van der Waals surface area (Å²) in [4.78, 5) is 6.73. The molecule has 5 nitrogen and oxygen atoms in total. The first-order valence-corrected chi connectivity index (χ1v) is 8.78. The average Bonchev–Trinajstić information content (AvgIpc) is 3.15. The molecule has 0 aliphatic carbocycles. The van der Waals surface area contributed by atoms with Gasteiger partial charge in [-0.2, -0.15) is 0 Å². The topological polar surface area (TPSA) is 51.4 Å². The monoisotopic (exact) mass is 329 g/mol. The highest BCUT2D eigenvalue weighted by Crippen LogP contribution is 2.19. The Labute approximate surface area is 144 Å². The summed E-state index contributed by atoms with van der Waals surface area (Å²) in [5, 5.41) is 3.98. The second kappa shape index (κ2) is 7.90. The van der Waals surface area contributed by atoms with Gasteiger partial charge in [0.15, 0.2) is 0 Å². The first-order chi connectivity index (χ1) is 11.6. The van der Waals surface area contributed by atoms with E-state index in [4.69, 9.17) is 9.26 Å². The SMILES string of the molecule is Cc1ccncc1CCCN1CCC(OCc2c(C)noc2C)C1. The zero-order chi connectivity index (χ0) is 16.9. The van der Waals surface area contributed by atoms with Crippen molar-refractivity contribution in [2.24, 2.45) is 0 Å². The van der Waals surface area contributed by atoms with Crippen molar-refractivity contribution < 1.29 is 9.26 Å². The minimum atomic E-state index is 0.318. The fourth-order valence-electron chi connectivity index (χ4n) is 3.30. The summed E-state index contributed by atoms with van der Waals surface area (Å²) < 4.78 is 11.3. The predicted octanol–water partition coefficient (Wildman–Crippen LogP) is 3.22. The normalized spacial score (nSPS) is 18.4. The second-order valence-corrected chi connectivity index (χ2v) is 6.73. The molecule has 24 heavy (non-hydrogen) atoms. The van der Waals surface area contributed by atoms with Crippen molar-refractivity contribution in [1.82, 2.24) is 15.0 Å². The number of ether oxygens (including phenoxy) is 1. The summed E-state index contributed by atoms with van der Waals surface area (Å²) in [5.41, 5.74) is 4.74. The second-order valence-electron chi connectivity index (χ2n) is 6.73. The third-order valence-electron chi connectivity index (χ3n) is 4.94. The van der Waals surface area contributed by atoms with Crippen molar-refractivity contribution in [1.29, 1.82) is 0 Å². The smallest absolute Gasteiger partial charge is 0.139 e. The molecule has 1 unspecified atom stereocenters. The predicted molar refractivity (Wildman–Crippen MR) is 92.9 cm³/mol. The van der Waals surface area contributed by atoms with Crippen LogP contribution in [0.15, 0.2) is 23.0 Å². The van der Waals surface area contributed by atoms with E-state index in [1.54, 1.807) is 0 Å². The molecule has 1 saturated heterocycles. The zero-order valence-electron chi connectivity index (χ0n) is 14.9. The number of likely N-dealkylation sites (tertiary alicyclic amines) is 1. The Bertz CT molecular complexity index is 649. The summed E-state index contributed by atoms with van der Waals surface area (Å²) in [7, 11) is 0. The van der Waals surface area contributed by atoms with Crippen molar-refractivity contribution in [3.05, 3.63) is 46.6 Å². The molecule has 0 saturated carbocycles. The van der Waals surface area contributed by atoms with Gasteiger partial charge in [-0.3, -0.25) is 4.98 Å². The Kier molecular flexibility index (Phi) is 5.63. The summed E-state index contributed by atoms with van der Waals surface area (Å²) in [5.74, 6) is 0.870. The number of aryl methyl sites for hydroxylation is 4.